The lowest BCUT2D eigenvalue weighted by molar-refractivity contribution is -0.158. The Kier molecular flexibility index (Phi) is 6.21. The van der Waals surface area contributed by atoms with Gasteiger partial charge in [0.1, 0.15) is 11.6 Å². The van der Waals surface area contributed by atoms with Gasteiger partial charge in [-0.25, -0.2) is 4.79 Å². The van der Waals surface area contributed by atoms with Gasteiger partial charge in [0.05, 0.1) is 0 Å². The number of hydrogen-bond acceptors (Lipinski definition) is 3. The zero-order chi connectivity index (χ0) is 13.6. The van der Waals surface area contributed by atoms with Crippen molar-refractivity contribution in [3.63, 3.8) is 0 Å². The quantitative estimate of drug-likeness (QED) is 0.754. The minimum atomic E-state index is -0.589. The van der Waals surface area contributed by atoms with E-state index in [4.69, 9.17) is 4.74 Å². The maximum atomic E-state index is 11.6. The summed E-state index contributed by atoms with van der Waals surface area (Å²) >= 11 is 0. The van der Waals surface area contributed by atoms with Gasteiger partial charge in [-0.1, -0.05) is 13.8 Å². The average Bonchev–Trinajstić information content (AvgIpc) is 2.11. The first-order chi connectivity index (χ1) is 7.61. The van der Waals surface area contributed by atoms with Crippen molar-refractivity contribution in [1.82, 2.24) is 5.32 Å². The molecule has 4 nitrogen and oxygen atoms in total. The molecule has 0 rings (SSSR count). The molecule has 0 aromatic heterocycles. The number of hydrogen-bond donors (Lipinski definition) is 1. The van der Waals surface area contributed by atoms with E-state index in [-0.39, 0.29) is 5.91 Å². The number of carbonyl (C=O) groups is 2. The third-order valence-electron chi connectivity index (χ3n) is 2.09. The van der Waals surface area contributed by atoms with E-state index < -0.39 is 17.6 Å². The molecule has 0 aromatic rings. The first kappa shape index (κ1) is 15.9. The van der Waals surface area contributed by atoms with Crippen LogP contribution in [0.1, 0.15) is 54.4 Å². The van der Waals surface area contributed by atoms with Crippen molar-refractivity contribution in [3.05, 3.63) is 0 Å². The molecule has 0 heterocycles. The monoisotopic (exact) mass is 243 g/mol. The molecular formula is C13H25NO3. The first-order valence-electron chi connectivity index (χ1n) is 6.14. The zero-order valence-corrected chi connectivity index (χ0v) is 11.8. The molecular weight excluding hydrogens is 218 g/mol. The highest BCUT2D eigenvalue weighted by atomic mass is 16.6. The van der Waals surface area contributed by atoms with Crippen molar-refractivity contribution < 1.29 is 14.3 Å². The molecule has 0 aliphatic heterocycles. The predicted molar refractivity (Wildman–Crippen MR) is 67.5 cm³/mol. The maximum absolute atomic E-state index is 11.6. The van der Waals surface area contributed by atoms with Crippen LogP contribution >= 0.6 is 0 Å². The zero-order valence-electron chi connectivity index (χ0n) is 11.8. The van der Waals surface area contributed by atoms with Gasteiger partial charge in [0.15, 0.2) is 0 Å². The average molecular weight is 243 g/mol. The maximum Gasteiger partial charge on any atom is 0.328 e. The second kappa shape index (κ2) is 6.62. The van der Waals surface area contributed by atoms with Crippen LogP contribution in [0.4, 0.5) is 0 Å². The van der Waals surface area contributed by atoms with E-state index in [9.17, 15) is 9.59 Å². The van der Waals surface area contributed by atoms with Gasteiger partial charge in [-0.15, -0.1) is 0 Å². The summed E-state index contributed by atoms with van der Waals surface area (Å²) in [6.07, 6.45) is 1.28. The third-order valence-corrected chi connectivity index (χ3v) is 2.09. The van der Waals surface area contributed by atoms with Crippen LogP contribution in [0.5, 0.6) is 0 Å². The van der Waals surface area contributed by atoms with E-state index in [0.717, 1.165) is 6.42 Å². The molecule has 0 spiro atoms. The smallest absolute Gasteiger partial charge is 0.328 e. The van der Waals surface area contributed by atoms with E-state index >= 15 is 0 Å². The highest BCUT2D eigenvalue weighted by Gasteiger charge is 2.22. The number of nitrogens with one attached hydrogen (secondary N) is 1. The number of carbonyl (C=O) groups excluding carboxylic acids is 2. The standard InChI is InChI=1S/C13H25NO3/c1-9(2)7-8-11(15)14-10(3)12(16)17-13(4,5)6/h9-10H,7-8H2,1-6H3,(H,14,15)/t10-/m0/s1. The summed E-state index contributed by atoms with van der Waals surface area (Å²) in [5.74, 6) is -0.00922. The summed E-state index contributed by atoms with van der Waals surface area (Å²) in [7, 11) is 0. The van der Waals surface area contributed by atoms with Gasteiger partial charge in [-0.2, -0.15) is 0 Å². The Hall–Kier alpha value is -1.06. The highest BCUT2D eigenvalue weighted by Crippen LogP contribution is 2.08. The Morgan fingerprint density at radius 3 is 2.12 bits per heavy atom. The van der Waals surface area contributed by atoms with Gasteiger partial charge in [-0.3, -0.25) is 4.79 Å². The topological polar surface area (TPSA) is 55.4 Å². The summed E-state index contributed by atoms with van der Waals surface area (Å²) < 4.78 is 5.17. The Morgan fingerprint density at radius 2 is 1.71 bits per heavy atom. The predicted octanol–water partition coefficient (Wildman–Crippen LogP) is 2.27. The molecule has 0 unspecified atom stereocenters. The molecule has 1 atom stereocenters. The van der Waals surface area contributed by atoms with Crippen LogP contribution in [0.3, 0.4) is 0 Å². The Labute approximate surface area is 104 Å². The van der Waals surface area contributed by atoms with Crippen molar-refractivity contribution >= 4 is 11.9 Å². The van der Waals surface area contributed by atoms with Crippen LogP contribution in [0.25, 0.3) is 0 Å². The Bertz CT molecular complexity index is 266. The molecule has 100 valence electrons. The Balaban J connectivity index is 4.04. The summed E-state index contributed by atoms with van der Waals surface area (Å²) in [5.41, 5.74) is -0.520. The van der Waals surface area contributed by atoms with Crippen LogP contribution in [0.15, 0.2) is 0 Å². The first-order valence-corrected chi connectivity index (χ1v) is 6.14. The fourth-order valence-corrected chi connectivity index (χ4v) is 1.18. The van der Waals surface area contributed by atoms with Crippen molar-refractivity contribution in [2.75, 3.05) is 0 Å². The number of ether oxygens (including phenoxy) is 1. The fraction of sp³-hybridized carbons (Fsp3) is 0.846. The van der Waals surface area contributed by atoms with Crippen molar-refractivity contribution in [1.29, 1.82) is 0 Å². The van der Waals surface area contributed by atoms with Crippen LogP contribution < -0.4 is 5.32 Å². The van der Waals surface area contributed by atoms with E-state index in [1.807, 2.05) is 0 Å². The van der Waals surface area contributed by atoms with E-state index in [2.05, 4.69) is 19.2 Å². The number of esters is 1. The summed E-state index contributed by atoms with van der Waals surface area (Å²) in [6.45, 7) is 11.2. The molecule has 0 saturated carbocycles. The SMILES string of the molecule is CC(C)CCC(=O)N[C@@H](C)C(=O)OC(C)(C)C. The normalized spacial score (nSPS) is 13.4. The van der Waals surface area contributed by atoms with Crippen molar-refractivity contribution in [2.45, 2.75) is 66.0 Å². The highest BCUT2D eigenvalue weighted by molar-refractivity contribution is 5.84. The lowest BCUT2D eigenvalue weighted by Crippen LogP contribution is -2.42. The summed E-state index contributed by atoms with van der Waals surface area (Å²) in [6, 6.07) is -0.589. The molecule has 0 radical (unpaired) electrons. The van der Waals surface area contributed by atoms with Gasteiger partial charge >= 0.3 is 5.97 Å². The largest absolute Gasteiger partial charge is 0.458 e. The number of rotatable bonds is 5. The second-order valence-electron chi connectivity index (χ2n) is 5.76. The van der Waals surface area contributed by atoms with Gasteiger partial charge in [-0.05, 0) is 40.0 Å². The van der Waals surface area contributed by atoms with E-state index in [1.54, 1.807) is 27.7 Å². The molecule has 1 amide bonds. The van der Waals surface area contributed by atoms with Crippen molar-refractivity contribution in [2.24, 2.45) is 5.92 Å². The molecule has 17 heavy (non-hydrogen) atoms. The molecule has 0 fully saturated rings. The molecule has 0 aromatic carbocycles. The molecule has 0 aliphatic carbocycles. The van der Waals surface area contributed by atoms with E-state index in [0.29, 0.717) is 12.3 Å². The van der Waals surface area contributed by atoms with Crippen LogP contribution in [-0.2, 0) is 14.3 Å². The minimum absolute atomic E-state index is 0.0999. The van der Waals surface area contributed by atoms with Crippen molar-refractivity contribution in [3.8, 4) is 0 Å². The minimum Gasteiger partial charge on any atom is -0.458 e. The van der Waals surface area contributed by atoms with Gasteiger partial charge in [0.25, 0.3) is 0 Å². The summed E-state index contributed by atoms with van der Waals surface area (Å²) in [5, 5.41) is 2.64. The molecule has 0 saturated heterocycles. The second-order valence-corrected chi connectivity index (χ2v) is 5.76. The molecule has 0 aliphatic rings. The summed E-state index contributed by atoms with van der Waals surface area (Å²) in [4.78, 5) is 23.1. The lowest BCUT2D eigenvalue weighted by Gasteiger charge is -2.22. The number of amides is 1. The van der Waals surface area contributed by atoms with Gasteiger partial charge < -0.3 is 10.1 Å². The van der Waals surface area contributed by atoms with Gasteiger partial charge in [0.2, 0.25) is 5.91 Å². The van der Waals surface area contributed by atoms with Gasteiger partial charge in [0, 0.05) is 6.42 Å². The van der Waals surface area contributed by atoms with Crippen LogP contribution in [0.2, 0.25) is 0 Å². The van der Waals surface area contributed by atoms with Crippen LogP contribution in [0, 0.1) is 5.92 Å². The molecule has 4 heteroatoms. The van der Waals surface area contributed by atoms with E-state index in [1.165, 1.54) is 0 Å². The van der Waals surface area contributed by atoms with Crippen LogP contribution in [-0.4, -0.2) is 23.5 Å². The molecule has 1 N–H and O–H groups in total. The molecule has 0 bridgehead atoms. The lowest BCUT2D eigenvalue weighted by atomic mass is 10.1. The fourth-order valence-electron chi connectivity index (χ4n) is 1.18. The Morgan fingerprint density at radius 1 is 1.18 bits per heavy atom. The third kappa shape index (κ3) is 8.72.